The number of carbonyl (C=O) groups is 1. The molecule has 0 aliphatic heterocycles. The quantitative estimate of drug-likeness (QED) is 0.430. The van der Waals surface area contributed by atoms with Gasteiger partial charge < -0.3 is 11.2 Å². The Kier molecular flexibility index (Phi) is 3.67. The zero-order valence-corrected chi connectivity index (χ0v) is 8.03. The van der Waals surface area contributed by atoms with Crippen LogP contribution in [0.25, 0.3) is 0 Å². The molecule has 1 rings (SSSR count). The average Bonchev–Trinajstić information content (AvgIpc) is 2.21. The Morgan fingerprint density at radius 3 is 2.93 bits per heavy atom. The summed E-state index contributed by atoms with van der Waals surface area (Å²) in [5, 5.41) is 6.18. The van der Waals surface area contributed by atoms with Gasteiger partial charge in [-0.1, -0.05) is 25.1 Å². The first kappa shape index (κ1) is 10.2. The molecule has 0 aliphatic rings. The molecular formula is C10H13N3O. The zero-order chi connectivity index (χ0) is 10.4. The first-order valence-electron chi connectivity index (χ1n) is 4.40. The Hall–Kier alpha value is -1.84. The second kappa shape index (κ2) is 5.01. The Morgan fingerprint density at radius 2 is 2.29 bits per heavy atom. The van der Waals surface area contributed by atoms with Crippen molar-refractivity contribution in [2.75, 3.05) is 5.32 Å². The number of amides is 1. The molecular weight excluding hydrogens is 178 g/mol. The molecule has 14 heavy (non-hydrogen) atoms. The summed E-state index contributed by atoms with van der Waals surface area (Å²) in [6.45, 7) is 1.80. The third kappa shape index (κ3) is 2.58. The molecule has 0 atom stereocenters. The van der Waals surface area contributed by atoms with Gasteiger partial charge in [-0.3, -0.25) is 4.79 Å². The van der Waals surface area contributed by atoms with Crippen molar-refractivity contribution in [1.82, 2.24) is 0 Å². The van der Waals surface area contributed by atoms with Gasteiger partial charge in [0, 0.05) is 17.7 Å². The van der Waals surface area contributed by atoms with Gasteiger partial charge in [0.2, 0.25) is 5.91 Å². The Labute approximate surface area is 82.8 Å². The van der Waals surface area contributed by atoms with E-state index < -0.39 is 0 Å². The molecule has 0 spiro atoms. The fourth-order valence-electron chi connectivity index (χ4n) is 1.04. The number of nitrogens with one attached hydrogen (secondary N) is 1. The van der Waals surface area contributed by atoms with Crippen molar-refractivity contribution in [2.24, 2.45) is 10.9 Å². The van der Waals surface area contributed by atoms with Gasteiger partial charge in [0.15, 0.2) is 0 Å². The number of rotatable bonds is 3. The van der Waals surface area contributed by atoms with Crippen molar-refractivity contribution in [3.8, 4) is 0 Å². The van der Waals surface area contributed by atoms with Crippen LogP contribution in [-0.2, 0) is 4.79 Å². The Morgan fingerprint density at radius 1 is 1.57 bits per heavy atom. The minimum Gasteiger partial charge on any atom is -0.325 e. The third-order valence-electron chi connectivity index (χ3n) is 1.77. The Balaban J connectivity index is 2.89. The molecule has 3 N–H and O–H groups in total. The molecule has 0 saturated carbocycles. The van der Waals surface area contributed by atoms with Crippen molar-refractivity contribution in [2.45, 2.75) is 13.3 Å². The highest BCUT2D eigenvalue weighted by Gasteiger charge is 2.02. The number of para-hydroxylation sites is 1. The summed E-state index contributed by atoms with van der Waals surface area (Å²) in [5.74, 6) is 5.02. The van der Waals surface area contributed by atoms with Crippen LogP contribution in [0.1, 0.15) is 18.9 Å². The van der Waals surface area contributed by atoms with Gasteiger partial charge in [0.25, 0.3) is 0 Å². The molecule has 1 aromatic carbocycles. The largest absolute Gasteiger partial charge is 0.325 e. The van der Waals surface area contributed by atoms with E-state index in [0.717, 1.165) is 11.3 Å². The molecule has 4 heteroatoms. The van der Waals surface area contributed by atoms with E-state index in [-0.39, 0.29) is 5.91 Å². The lowest BCUT2D eigenvalue weighted by Gasteiger charge is -2.05. The summed E-state index contributed by atoms with van der Waals surface area (Å²) in [6.07, 6.45) is 1.96. The predicted octanol–water partition coefficient (Wildman–Crippen LogP) is 1.33. The van der Waals surface area contributed by atoms with Crippen molar-refractivity contribution in [3.63, 3.8) is 0 Å². The van der Waals surface area contributed by atoms with E-state index in [9.17, 15) is 4.79 Å². The third-order valence-corrected chi connectivity index (χ3v) is 1.77. The van der Waals surface area contributed by atoms with Crippen LogP contribution in [-0.4, -0.2) is 12.1 Å². The maximum atomic E-state index is 11.2. The van der Waals surface area contributed by atoms with Crippen molar-refractivity contribution >= 4 is 17.8 Å². The van der Waals surface area contributed by atoms with E-state index in [2.05, 4.69) is 10.4 Å². The van der Waals surface area contributed by atoms with E-state index >= 15 is 0 Å². The second-order valence-electron chi connectivity index (χ2n) is 2.77. The summed E-state index contributed by atoms with van der Waals surface area (Å²) < 4.78 is 0. The monoisotopic (exact) mass is 191 g/mol. The van der Waals surface area contributed by atoms with Crippen LogP contribution in [0.2, 0.25) is 0 Å². The predicted molar refractivity (Wildman–Crippen MR) is 57.1 cm³/mol. The van der Waals surface area contributed by atoms with Crippen LogP contribution in [0.4, 0.5) is 5.69 Å². The topological polar surface area (TPSA) is 67.5 Å². The van der Waals surface area contributed by atoms with Gasteiger partial charge in [0.1, 0.15) is 0 Å². The van der Waals surface area contributed by atoms with Crippen LogP contribution in [0.15, 0.2) is 29.4 Å². The maximum absolute atomic E-state index is 11.2. The van der Waals surface area contributed by atoms with Gasteiger partial charge >= 0.3 is 0 Å². The van der Waals surface area contributed by atoms with Crippen LogP contribution in [0, 0.1) is 0 Å². The van der Waals surface area contributed by atoms with Crippen LogP contribution < -0.4 is 11.2 Å². The molecule has 0 saturated heterocycles. The number of hydrazone groups is 1. The number of hydrogen-bond donors (Lipinski definition) is 2. The van der Waals surface area contributed by atoms with E-state index in [1.807, 2.05) is 24.3 Å². The van der Waals surface area contributed by atoms with Crippen molar-refractivity contribution in [1.29, 1.82) is 0 Å². The summed E-state index contributed by atoms with van der Waals surface area (Å²) in [4.78, 5) is 11.2. The van der Waals surface area contributed by atoms with Gasteiger partial charge in [-0.2, -0.15) is 5.10 Å². The van der Waals surface area contributed by atoms with Crippen LogP contribution in [0.5, 0.6) is 0 Å². The highest BCUT2D eigenvalue weighted by Crippen LogP contribution is 2.12. The Bertz CT molecular complexity index is 347. The lowest BCUT2D eigenvalue weighted by atomic mass is 10.2. The van der Waals surface area contributed by atoms with Crippen molar-refractivity contribution in [3.05, 3.63) is 29.8 Å². The molecule has 0 heterocycles. The molecule has 4 nitrogen and oxygen atoms in total. The fraction of sp³-hybridized carbons (Fsp3) is 0.200. The van der Waals surface area contributed by atoms with E-state index in [1.165, 1.54) is 6.21 Å². The van der Waals surface area contributed by atoms with Crippen LogP contribution in [0.3, 0.4) is 0 Å². The molecule has 1 aromatic rings. The van der Waals surface area contributed by atoms with Crippen LogP contribution >= 0.6 is 0 Å². The lowest BCUT2D eigenvalue weighted by molar-refractivity contribution is -0.115. The number of benzene rings is 1. The maximum Gasteiger partial charge on any atom is 0.224 e. The minimum absolute atomic E-state index is 0.0251. The van der Waals surface area contributed by atoms with Gasteiger partial charge in [-0.05, 0) is 6.07 Å². The number of hydrogen-bond acceptors (Lipinski definition) is 3. The summed E-state index contributed by atoms with van der Waals surface area (Å²) in [7, 11) is 0. The molecule has 0 aromatic heterocycles. The standard InChI is InChI=1S/C10H13N3O/c1-2-10(14)13-9-6-4-3-5-8(9)7-12-11/h3-7H,2,11H2,1H3,(H,13,14). The summed E-state index contributed by atoms with van der Waals surface area (Å²) in [5.41, 5.74) is 1.53. The first-order valence-corrected chi connectivity index (χ1v) is 4.40. The smallest absolute Gasteiger partial charge is 0.224 e. The lowest BCUT2D eigenvalue weighted by Crippen LogP contribution is -2.11. The fourth-order valence-corrected chi connectivity index (χ4v) is 1.04. The second-order valence-corrected chi connectivity index (χ2v) is 2.77. The van der Waals surface area contributed by atoms with E-state index in [0.29, 0.717) is 6.42 Å². The number of nitrogens with two attached hydrogens (primary N) is 1. The molecule has 74 valence electrons. The molecule has 1 amide bonds. The van der Waals surface area contributed by atoms with Gasteiger partial charge in [0.05, 0.1) is 6.21 Å². The highest BCUT2D eigenvalue weighted by atomic mass is 16.1. The molecule has 0 fully saturated rings. The molecule has 0 unspecified atom stereocenters. The molecule has 0 radical (unpaired) electrons. The van der Waals surface area contributed by atoms with Gasteiger partial charge in [-0.15, -0.1) is 0 Å². The minimum atomic E-state index is -0.0251. The van der Waals surface area contributed by atoms with E-state index in [4.69, 9.17) is 5.84 Å². The highest BCUT2D eigenvalue weighted by molar-refractivity contribution is 5.97. The van der Waals surface area contributed by atoms with Crippen molar-refractivity contribution < 1.29 is 4.79 Å². The summed E-state index contributed by atoms with van der Waals surface area (Å²) >= 11 is 0. The SMILES string of the molecule is CCC(=O)Nc1ccccc1C=NN. The first-order chi connectivity index (χ1) is 6.77. The molecule has 0 bridgehead atoms. The zero-order valence-electron chi connectivity index (χ0n) is 8.03. The normalized spacial score (nSPS) is 10.4. The van der Waals surface area contributed by atoms with Gasteiger partial charge in [-0.25, -0.2) is 0 Å². The van der Waals surface area contributed by atoms with E-state index in [1.54, 1.807) is 6.92 Å². The number of carbonyl (C=O) groups excluding carboxylic acids is 1. The summed E-state index contributed by atoms with van der Waals surface area (Å²) in [6, 6.07) is 7.35. The number of nitrogens with zero attached hydrogens (tertiary/aromatic N) is 1. The average molecular weight is 191 g/mol. The molecule has 0 aliphatic carbocycles. The number of anilines is 1.